The van der Waals surface area contributed by atoms with Gasteiger partial charge in [0.1, 0.15) is 17.7 Å². The number of carbonyl (C=O) groups excluding carboxylic acids is 1. The van der Waals surface area contributed by atoms with Crippen LogP contribution in [0.5, 0.6) is 0 Å². The predicted molar refractivity (Wildman–Crippen MR) is 87.6 cm³/mol. The zero-order chi connectivity index (χ0) is 16.1. The predicted octanol–water partition coefficient (Wildman–Crippen LogP) is 1.57. The molecule has 120 valence electrons. The zero-order valence-electron chi connectivity index (χ0n) is 12.6. The first-order chi connectivity index (χ1) is 11.2. The van der Waals surface area contributed by atoms with Crippen LogP contribution >= 0.6 is 0 Å². The highest BCUT2D eigenvalue weighted by molar-refractivity contribution is 5.93. The largest absolute Gasteiger partial charge is 0.393 e. The first-order valence-corrected chi connectivity index (χ1v) is 7.58. The number of amides is 1. The van der Waals surface area contributed by atoms with E-state index in [9.17, 15) is 4.79 Å². The molecule has 23 heavy (non-hydrogen) atoms. The second kappa shape index (κ2) is 6.91. The summed E-state index contributed by atoms with van der Waals surface area (Å²) in [6, 6.07) is 5.49. The highest BCUT2D eigenvalue weighted by Gasteiger charge is 2.17. The molecule has 0 bridgehead atoms. The number of hydrogen-bond donors (Lipinski definition) is 4. The molecular formula is C15H19N7O. The summed E-state index contributed by atoms with van der Waals surface area (Å²) in [6.45, 7) is 0. The molecular weight excluding hydrogens is 294 g/mol. The van der Waals surface area contributed by atoms with E-state index in [1.807, 2.05) is 0 Å². The maximum atomic E-state index is 12.0. The lowest BCUT2D eigenvalue weighted by molar-refractivity contribution is 0.0957. The van der Waals surface area contributed by atoms with Crippen LogP contribution in [0.4, 0.5) is 17.3 Å². The molecule has 5 N–H and O–H groups in total. The summed E-state index contributed by atoms with van der Waals surface area (Å²) in [7, 11) is 0. The fourth-order valence-electron chi connectivity index (χ4n) is 2.55. The van der Waals surface area contributed by atoms with Gasteiger partial charge in [-0.15, -0.1) is 0 Å². The van der Waals surface area contributed by atoms with Crippen molar-refractivity contribution in [1.29, 1.82) is 0 Å². The van der Waals surface area contributed by atoms with Crippen LogP contribution in [0.15, 0.2) is 30.7 Å². The van der Waals surface area contributed by atoms with Crippen molar-refractivity contribution in [2.45, 2.75) is 31.7 Å². The molecule has 0 radical (unpaired) electrons. The maximum Gasteiger partial charge on any atom is 0.288 e. The van der Waals surface area contributed by atoms with Crippen molar-refractivity contribution in [2.75, 3.05) is 16.5 Å². The molecule has 2 aromatic rings. The van der Waals surface area contributed by atoms with E-state index >= 15 is 0 Å². The molecule has 0 saturated heterocycles. The molecule has 1 fully saturated rings. The van der Waals surface area contributed by atoms with Crippen LogP contribution in [-0.2, 0) is 0 Å². The van der Waals surface area contributed by atoms with Crippen LogP contribution in [0.3, 0.4) is 0 Å². The van der Waals surface area contributed by atoms with Gasteiger partial charge in [0.15, 0.2) is 11.6 Å². The van der Waals surface area contributed by atoms with Crippen molar-refractivity contribution in [1.82, 2.24) is 20.4 Å². The van der Waals surface area contributed by atoms with Crippen LogP contribution in [0.1, 0.15) is 36.2 Å². The van der Waals surface area contributed by atoms with Crippen LogP contribution < -0.4 is 21.9 Å². The van der Waals surface area contributed by atoms with Crippen molar-refractivity contribution < 1.29 is 4.79 Å². The Morgan fingerprint density at radius 2 is 1.91 bits per heavy atom. The number of rotatable bonds is 5. The molecule has 0 atom stereocenters. The maximum absolute atomic E-state index is 12.0. The van der Waals surface area contributed by atoms with Crippen molar-refractivity contribution in [3.05, 3.63) is 36.4 Å². The normalized spacial score (nSPS) is 14.4. The highest BCUT2D eigenvalue weighted by Crippen LogP contribution is 2.26. The van der Waals surface area contributed by atoms with Crippen molar-refractivity contribution in [2.24, 2.45) is 0 Å². The fourth-order valence-corrected chi connectivity index (χ4v) is 2.55. The topological polar surface area (TPSA) is 118 Å². The molecule has 0 unspecified atom stereocenters. The quantitative estimate of drug-likeness (QED) is 0.619. The molecule has 3 rings (SSSR count). The lowest BCUT2D eigenvalue weighted by Gasteiger charge is -2.16. The summed E-state index contributed by atoms with van der Waals surface area (Å²) in [4.78, 5) is 24.2. The Labute approximate surface area is 133 Å². The Hall–Kier alpha value is -2.90. The van der Waals surface area contributed by atoms with Crippen LogP contribution in [0.25, 0.3) is 0 Å². The van der Waals surface area contributed by atoms with E-state index in [1.54, 1.807) is 24.4 Å². The van der Waals surface area contributed by atoms with E-state index in [4.69, 9.17) is 5.73 Å². The van der Waals surface area contributed by atoms with E-state index in [2.05, 4.69) is 31.1 Å². The van der Waals surface area contributed by atoms with Gasteiger partial charge in [-0.25, -0.2) is 9.97 Å². The molecule has 1 amide bonds. The number of nitrogens with one attached hydrogen (secondary N) is 3. The molecule has 2 heterocycles. The standard InChI is InChI=1S/C15H19N7O/c16-12-13(20-10-5-1-2-6-10)18-9-19-14(12)21-22-15(23)11-7-3-4-8-17-11/h3-4,7-10H,1-2,5-6,16H2,(H,22,23)(H2,18,19,20,21). The molecule has 1 aliphatic rings. The second-order valence-corrected chi connectivity index (χ2v) is 5.40. The number of nitrogen functional groups attached to an aromatic ring is 1. The van der Waals surface area contributed by atoms with E-state index in [0.29, 0.717) is 29.1 Å². The van der Waals surface area contributed by atoms with Crippen LogP contribution in [0, 0.1) is 0 Å². The number of nitrogens with zero attached hydrogens (tertiary/aromatic N) is 3. The summed E-state index contributed by atoms with van der Waals surface area (Å²) in [5, 5.41) is 3.33. The number of carbonyl (C=O) groups is 1. The Morgan fingerprint density at radius 3 is 2.65 bits per heavy atom. The van der Waals surface area contributed by atoms with E-state index in [1.165, 1.54) is 19.2 Å². The monoisotopic (exact) mass is 313 g/mol. The van der Waals surface area contributed by atoms with Gasteiger partial charge in [0.2, 0.25) is 0 Å². The summed E-state index contributed by atoms with van der Waals surface area (Å²) >= 11 is 0. The Morgan fingerprint density at radius 1 is 1.13 bits per heavy atom. The van der Waals surface area contributed by atoms with Gasteiger partial charge in [0, 0.05) is 12.2 Å². The number of hydrazine groups is 1. The van der Waals surface area contributed by atoms with Crippen LogP contribution in [0.2, 0.25) is 0 Å². The number of pyridine rings is 1. The van der Waals surface area contributed by atoms with E-state index in [-0.39, 0.29) is 5.91 Å². The average molecular weight is 313 g/mol. The third-order valence-corrected chi connectivity index (χ3v) is 3.77. The Balaban J connectivity index is 1.64. The lowest BCUT2D eigenvalue weighted by atomic mass is 10.2. The highest BCUT2D eigenvalue weighted by atomic mass is 16.2. The minimum Gasteiger partial charge on any atom is -0.393 e. The van der Waals surface area contributed by atoms with Gasteiger partial charge in [-0.3, -0.25) is 20.6 Å². The average Bonchev–Trinajstić information content (AvgIpc) is 3.09. The third-order valence-electron chi connectivity index (χ3n) is 3.77. The molecule has 0 spiro atoms. The molecule has 1 saturated carbocycles. The molecule has 2 aromatic heterocycles. The number of anilines is 3. The first-order valence-electron chi connectivity index (χ1n) is 7.58. The summed E-state index contributed by atoms with van der Waals surface area (Å²) in [5.41, 5.74) is 12.0. The zero-order valence-corrected chi connectivity index (χ0v) is 12.6. The third kappa shape index (κ3) is 3.65. The minimum atomic E-state index is -0.367. The fraction of sp³-hybridized carbons (Fsp3) is 0.333. The first kappa shape index (κ1) is 15.0. The molecule has 0 aliphatic heterocycles. The van der Waals surface area contributed by atoms with Crippen molar-refractivity contribution >= 4 is 23.2 Å². The summed E-state index contributed by atoms with van der Waals surface area (Å²) in [6.07, 6.45) is 7.62. The minimum absolute atomic E-state index is 0.303. The number of aromatic nitrogens is 3. The molecule has 1 aliphatic carbocycles. The van der Waals surface area contributed by atoms with Gasteiger partial charge >= 0.3 is 0 Å². The van der Waals surface area contributed by atoms with Gasteiger partial charge in [-0.05, 0) is 25.0 Å². The molecule has 0 aromatic carbocycles. The Bertz CT molecular complexity index is 671. The van der Waals surface area contributed by atoms with Gasteiger partial charge in [-0.1, -0.05) is 18.9 Å². The van der Waals surface area contributed by atoms with Gasteiger partial charge in [-0.2, -0.15) is 0 Å². The Kier molecular flexibility index (Phi) is 4.51. The summed E-state index contributed by atoms with van der Waals surface area (Å²) < 4.78 is 0. The van der Waals surface area contributed by atoms with Crippen molar-refractivity contribution in [3.63, 3.8) is 0 Å². The van der Waals surface area contributed by atoms with Gasteiger partial charge in [0.05, 0.1) is 0 Å². The number of nitrogens with two attached hydrogens (primary N) is 1. The smallest absolute Gasteiger partial charge is 0.288 e. The summed E-state index contributed by atoms with van der Waals surface area (Å²) in [5.74, 6) is 0.570. The van der Waals surface area contributed by atoms with Gasteiger partial charge < -0.3 is 11.1 Å². The van der Waals surface area contributed by atoms with Crippen molar-refractivity contribution in [3.8, 4) is 0 Å². The molecule has 8 heteroatoms. The van der Waals surface area contributed by atoms with E-state index < -0.39 is 0 Å². The van der Waals surface area contributed by atoms with Gasteiger partial charge in [0.25, 0.3) is 5.91 Å². The lowest BCUT2D eigenvalue weighted by Crippen LogP contribution is -2.31. The number of hydrogen-bond acceptors (Lipinski definition) is 7. The molecule has 8 nitrogen and oxygen atoms in total. The van der Waals surface area contributed by atoms with Crippen LogP contribution in [-0.4, -0.2) is 26.9 Å². The van der Waals surface area contributed by atoms with E-state index in [0.717, 1.165) is 12.8 Å². The second-order valence-electron chi connectivity index (χ2n) is 5.40. The SMILES string of the molecule is Nc1c(NNC(=O)c2ccccn2)ncnc1NC1CCCC1.